The van der Waals surface area contributed by atoms with Crippen LogP contribution in [-0.4, -0.2) is 0 Å². The van der Waals surface area contributed by atoms with Gasteiger partial charge in [0.25, 0.3) is 0 Å². The molecule has 0 spiro atoms. The minimum absolute atomic E-state index is 0.303. The van der Waals surface area contributed by atoms with Gasteiger partial charge in [-0.25, -0.2) is 4.79 Å². The summed E-state index contributed by atoms with van der Waals surface area (Å²) in [5.74, 6) is 0.722. The fourth-order valence-electron chi connectivity index (χ4n) is 3.97. The quantitative estimate of drug-likeness (QED) is 0.363. The van der Waals surface area contributed by atoms with E-state index < -0.39 is 0 Å². The molecule has 5 rings (SSSR count). The molecule has 1 aliphatic carbocycles. The largest absolute Gasteiger partial charge is 0.431 e. The summed E-state index contributed by atoms with van der Waals surface area (Å²) in [5, 5.41) is 5.63. The van der Waals surface area contributed by atoms with Gasteiger partial charge in [0, 0.05) is 6.07 Å². The maximum absolute atomic E-state index is 10.1. The summed E-state index contributed by atoms with van der Waals surface area (Å²) >= 11 is 0. The maximum atomic E-state index is 10.1. The Morgan fingerprint density at radius 2 is 1.65 bits per heavy atom. The summed E-state index contributed by atoms with van der Waals surface area (Å²) in [4.78, 5) is 10.1. The highest BCUT2D eigenvalue weighted by Crippen LogP contribution is 2.37. The van der Waals surface area contributed by atoms with Crippen LogP contribution in [0.15, 0.2) is 82.2 Å². The topological polar surface area (TPSA) is 30.2 Å². The Balaban J connectivity index is 0.000000204. The number of rotatable bonds is 0. The molecule has 2 nitrogen and oxygen atoms in total. The standard InChI is InChI=1S/C19H18.C5H4O2/c1-13-5-4-8-17-15(13)11-12-18-16-7-3-2-6-14(16)9-10-19(17)18;6-5-3-1-2-4-7-5/h2-3,6-7,9-13H,4-5,8H2,1H3;1-4H. The van der Waals surface area contributed by atoms with E-state index in [-0.39, 0.29) is 5.63 Å². The van der Waals surface area contributed by atoms with Crippen molar-refractivity contribution in [3.05, 3.63) is 94.5 Å². The second-order valence-electron chi connectivity index (χ2n) is 6.93. The van der Waals surface area contributed by atoms with Gasteiger partial charge < -0.3 is 4.42 Å². The van der Waals surface area contributed by atoms with E-state index in [9.17, 15) is 4.79 Å². The second-order valence-corrected chi connectivity index (χ2v) is 6.93. The molecule has 1 aliphatic rings. The monoisotopic (exact) mass is 342 g/mol. The lowest BCUT2D eigenvalue weighted by atomic mass is 9.81. The minimum Gasteiger partial charge on any atom is -0.431 e. The van der Waals surface area contributed by atoms with Crippen LogP contribution >= 0.6 is 0 Å². The van der Waals surface area contributed by atoms with E-state index in [1.807, 2.05) is 0 Å². The molecule has 0 saturated heterocycles. The predicted molar refractivity (Wildman–Crippen MR) is 108 cm³/mol. The van der Waals surface area contributed by atoms with Gasteiger partial charge in [-0.1, -0.05) is 61.5 Å². The van der Waals surface area contributed by atoms with Gasteiger partial charge in [-0.05, 0) is 63.9 Å². The average Bonchev–Trinajstić information content (AvgIpc) is 2.69. The van der Waals surface area contributed by atoms with Crippen molar-refractivity contribution in [3.8, 4) is 0 Å². The molecule has 0 radical (unpaired) electrons. The summed E-state index contributed by atoms with van der Waals surface area (Å²) in [6.45, 7) is 2.37. The normalized spacial score (nSPS) is 16.0. The van der Waals surface area contributed by atoms with Crippen molar-refractivity contribution in [3.63, 3.8) is 0 Å². The molecule has 4 aromatic rings. The minimum atomic E-state index is -0.303. The molecule has 0 saturated carbocycles. The Morgan fingerprint density at radius 1 is 0.846 bits per heavy atom. The van der Waals surface area contributed by atoms with Gasteiger partial charge >= 0.3 is 5.63 Å². The van der Waals surface area contributed by atoms with Gasteiger partial charge in [0.2, 0.25) is 0 Å². The highest BCUT2D eigenvalue weighted by atomic mass is 16.4. The van der Waals surface area contributed by atoms with E-state index in [1.165, 1.54) is 53.1 Å². The lowest BCUT2D eigenvalue weighted by Gasteiger charge is -2.24. The number of hydrogen-bond donors (Lipinski definition) is 0. The Bertz CT molecular complexity index is 1090. The zero-order chi connectivity index (χ0) is 17.9. The van der Waals surface area contributed by atoms with Gasteiger partial charge in [0.15, 0.2) is 0 Å². The van der Waals surface area contributed by atoms with E-state index in [0.717, 1.165) is 5.92 Å². The molecular formula is C24H22O2. The van der Waals surface area contributed by atoms with E-state index in [0.29, 0.717) is 0 Å². The van der Waals surface area contributed by atoms with Crippen LogP contribution in [0.5, 0.6) is 0 Å². The van der Waals surface area contributed by atoms with Crippen LogP contribution in [-0.2, 0) is 6.42 Å². The summed E-state index contributed by atoms with van der Waals surface area (Å²) in [7, 11) is 0. The molecule has 26 heavy (non-hydrogen) atoms. The van der Waals surface area contributed by atoms with E-state index in [4.69, 9.17) is 0 Å². The molecular weight excluding hydrogens is 320 g/mol. The van der Waals surface area contributed by atoms with Gasteiger partial charge in [-0.2, -0.15) is 0 Å². The fourth-order valence-corrected chi connectivity index (χ4v) is 3.97. The van der Waals surface area contributed by atoms with E-state index >= 15 is 0 Å². The lowest BCUT2D eigenvalue weighted by molar-refractivity contribution is 0.511. The summed E-state index contributed by atoms with van der Waals surface area (Å²) < 4.78 is 4.37. The number of hydrogen-bond acceptors (Lipinski definition) is 2. The third-order valence-electron chi connectivity index (χ3n) is 5.27. The number of aryl methyl sites for hydroxylation is 1. The first-order chi connectivity index (χ1) is 12.7. The highest BCUT2D eigenvalue weighted by Gasteiger charge is 2.18. The molecule has 0 N–H and O–H groups in total. The molecule has 0 fully saturated rings. The van der Waals surface area contributed by atoms with Gasteiger partial charge in [-0.15, -0.1) is 0 Å². The molecule has 2 heteroatoms. The van der Waals surface area contributed by atoms with Crippen LogP contribution in [0.25, 0.3) is 21.5 Å². The molecule has 0 amide bonds. The highest BCUT2D eigenvalue weighted by molar-refractivity contribution is 6.08. The van der Waals surface area contributed by atoms with Gasteiger partial charge in [-0.3, -0.25) is 0 Å². The van der Waals surface area contributed by atoms with Crippen LogP contribution < -0.4 is 5.63 Å². The van der Waals surface area contributed by atoms with Crippen molar-refractivity contribution in [2.75, 3.05) is 0 Å². The van der Waals surface area contributed by atoms with Crippen molar-refractivity contribution in [1.29, 1.82) is 0 Å². The van der Waals surface area contributed by atoms with Crippen LogP contribution in [0.4, 0.5) is 0 Å². The van der Waals surface area contributed by atoms with Crippen LogP contribution in [0.1, 0.15) is 36.8 Å². The molecule has 130 valence electrons. The fraction of sp³-hybridized carbons (Fsp3) is 0.208. The SMILES string of the molecule is CC1CCCc2c1ccc1c2ccc2ccccc21.O=c1cccco1. The molecule has 1 aromatic heterocycles. The van der Waals surface area contributed by atoms with Crippen LogP contribution in [0, 0.1) is 0 Å². The first kappa shape index (κ1) is 16.6. The number of benzene rings is 3. The van der Waals surface area contributed by atoms with Crippen LogP contribution in [0.2, 0.25) is 0 Å². The van der Waals surface area contributed by atoms with Crippen molar-refractivity contribution >= 4 is 21.5 Å². The molecule has 1 heterocycles. The molecule has 1 unspecified atom stereocenters. The third-order valence-corrected chi connectivity index (χ3v) is 5.27. The summed E-state index contributed by atoms with van der Waals surface area (Å²) in [5.41, 5.74) is 2.87. The van der Waals surface area contributed by atoms with Crippen molar-refractivity contribution in [2.45, 2.75) is 32.1 Å². The first-order valence-electron chi connectivity index (χ1n) is 9.21. The van der Waals surface area contributed by atoms with Crippen molar-refractivity contribution < 1.29 is 4.42 Å². The van der Waals surface area contributed by atoms with Crippen LogP contribution in [0.3, 0.4) is 0 Å². The Kier molecular flexibility index (Phi) is 4.57. The van der Waals surface area contributed by atoms with Crippen molar-refractivity contribution in [1.82, 2.24) is 0 Å². The maximum Gasteiger partial charge on any atom is 0.335 e. The molecule has 3 aromatic carbocycles. The Hall–Kier alpha value is -2.87. The Labute approximate surface area is 153 Å². The molecule has 0 bridgehead atoms. The second kappa shape index (κ2) is 7.17. The zero-order valence-corrected chi connectivity index (χ0v) is 14.9. The third kappa shape index (κ3) is 3.15. The predicted octanol–water partition coefficient (Wildman–Crippen LogP) is 6.07. The zero-order valence-electron chi connectivity index (χ0n) is 14.9. The molecule has 0 aliphatic heterocycles. The molecule has 1 atom stereocenters. The first-order valence-corrected chi connectivity index (χ1v) is 9.21. The average molecular weight is 342 g/mol. The smallest absolute Gasteiger partial charge is 0.335 e. The van der Waals surface area contributed by atoms with Gasteiger partial charge in [0.1, 0.15) is 0 Å². The van der Waals surface area contributed by atoms with Crippen molar-refractivity contribution in [2.24, 2.45) is 0 Å². The van der Waals surface area contributed by atoms with Gasteiger partial charge in [0.05, 0.1) is 6.26 Å². The van der Waals surface area contributed by atoms with E-state index in [1.54, 1.807) is 23.3 Å². The van der Waals surface area contributed by atoms with E-state index in [2.05, 4.69) is 59.9 Å². The Morgan fingerprint density at radius 3 is 2.42 bits per heavy atom. The summed E-state index contributed by atoms with van der Waals surface area (Å²) in [6.07, 6.45) is 5.27. The number of fused-ring (bicyclic) bond motifs is 5. The summed E-state index contributed by atoms with van der Waals surface area (Å²) in [6, 6.07) is 22.7. The lowest BCUT2D eigenvalue weighted by Crippen LogP contribution is -2.07.